The van der Waals surface area contributed by atoms with E-state index in [0.29, 0.717) is 18.8 Å². The molecule has 1 saturated heterocycles. The molecule has 0 saturated carbocycles. The number of esters is 1. The highest BCUT2D eigenvalue weighted by atomic mass is 16.5. The number of amides is 1. The molecule has 1 amide bonds. The first-order valence-corrected chi connectivity index (χ1v) is 6.12. The molecule has 1 fully saturated rings. The van der Waals surface area contributed by atoms with Gasteiger partial charge >= 0.3 is 5.97 Å². The van der Waals surface area contributed by atoms with Gasteiger partial charge in [0.25, 0.3) is 5.91 Å². The van der Waals surface area contributed by atoms with Gasteiger partial charge in [0, 0.05) is 26.3 Å². The van der Waals surface area contributed by atoms with Gasteiger partial charge in [0.1, 0.15) is 5.69 Å². The minimum atomic E-state index is -0.223. The van der Waals surface area contributed by atoms with Crippen LogP contribution in [0.4, 0.5) is 0 Å². The predicted octanol–water partition coefficient (Wildman–Crippen LogP) is 1.05. The molecule has 1 atom stereocenters. The summed E-state index contributed by atoms with van der Waals surface area (Å²) < 4.78 is 6.55. The number of rotatable bonds is 2. The third-order valence-electron chi connectivity index (χ3n) is 3.41. The molecule has 0 bridgehead atoms. The lowest BCUT2D eigenvalue weighted by molar-refractivity contribution is -0.146. The summed E-state index contributed by atoms with van der Waals surface area (Å²) in [6.45, 7) is 1.16. The minimum Gasteiger partial charge on any atom is -0.469 e. The zero-order chi connectivity index (χ0) is 13.1. The number of piperidine rings is 1. The van der Waals surface area contributed by atoms with E-state index in [0.717, 1.165) is 12.8 Å². The molecule has 18 heavy (non-hydrogen) atoms. The lowest BCUT2D eigenvalue weighted by Crippen LogP contribution is -2.43. The number of carbonyl (C=O) groups is 2. The van der Waals surface area contributed by atoms with Gasteiger partial charge in [-0.1, -0.05) is 0 Å². The summed E-state index contributed by atoms with van der Waals surface area (Å²) in [6, 6.07) is 3.64. The van der Waals surface area contributed by atoms with E-state index < -0.39 is 0 Å². The topological polar surface area (TPSA) is 51.5 Å². The van der Waals surface area contributed by atoms with Crippen LogP contribution in [-0.2, 0) is 16.6 Å². The first kappa shape index (κ1) is 12.7. The van der Waals surface area contributed by atoms with Gasteiger partial charge in [-0.3, -0.25) is 9.59 Å². The molecule has 1 aliphatic heterocycles. The van der Waals surface area contributed by atoms with E-state index in [2.05, 4.69) is 0 Å². The molecular formula is C13H18N2O3. The van der Waals surface area contributed by atoms with Crippen LogP contribution >= 0.6 is 0 Å². The van der Waals surface area contributed by atoms with Crippen molar-refractivity contribution in [2.24, 2.45) is 13.0 Å². The summed E-state index contributed by atoms with van der Waals surface area (Å²) in [5.41, 5.74) is 0.653. The first-order valence-electron chi connectivity index (χ1n) is 6.12. The number of hydrogen-bond donors (Lipinski definition) is 0. The van der Waals surface area contributed by atoms with Crippen molar-refractivity contribution in [2.75, 3.05) is 20.2 Å². The number of carbonyl (C=O) groups excluding carboxylic acids is 2. The van der Waals surface area contributed by atoms with Gasteiger partial charge in [-0.05, 0) is 25.0 Å². The number of aromatic nitrogens is 1. The average molecular weight is 250 g/mol. The molecule has 1 aromatic rings. The number of methoxy groups -OCH3 is 1. The molecule has 2 heterocycles. The molecule has 5 heteroatoms. The normalized spacial score (nSPS) is 19.7. The zero-order valence-corrected chi connectivity index (χ0v) is 10.8. The summed E-state index contributed by atoms with van der Waals surface area (Å²) in [5, 5.41) is 0. The quantitative estimate of drug-likeness (QED) is 0.737. The van der Waals surface area contributed by atoms with Crippen LogP contribution in [0.2, 0.25) is 0 Å². The van der Waals surface area contributed by atoms with Crippen molar-refractivity contribution in [1.29, 1.82) is 0 Å². The summed E-state index contributed by atoms with van der Waals surface area (Å²) in [6.07, 6.45) is 3.48. The van der Waals surface area contributed by atoms with Crippen molar-refractivity contribution >= 4 is 11.9 Å². The van der Waals surface area contributed by atoms with Crippen molar-refractivity contribution < 1.29 is 14.3 Å². The predicted molar refractivity (Wildman–Crippen MR) is 66.1 cm³/mol. The van der Waals surface area contributed by atoms with Gasteiger partial charge in [-0.2, -0.15) is 0 Å². The highest BCUT2D eigenvalue weighted by molar-refractivity contribution is 5.93. The Morgan fingerprint density at radius 3 is 2.83 bits per heavy atom. The summed E-state index contributed by atoms with van der Waals surface area (Å²) in [4.78, 5) is 25.6. The van der Waals surface area contributed by atoms with E-state index in [1.54, 1.807) is 15.5 Å². The van der Waals surface area contributed by atoms with Crippen LogP contribution in [0.1, 0.15) is 23.3 Å². The molecule has 0 aromatic carbocycles. The van der Waals surface area contributed by atoms with E-state index in [-0.39, 0.29) is 17.8 Å². The molecule has 98 valence electrons. The Labute approximate surface area is 106 Å². The number of likely N-dealkylation sites (tertiary alicyclic amines) is 1. The summed E-state index contributed by atoms with van der Waals surface area (Å²) in [7, 11) is 3.23. The molecule has 2 rings (SSSR count). The average Bonchev–Trinajstić information content (AvgIpc) is 2.83. The second kappa shape index (κ2) is 5.25. The van der Waals surface area contributed by atoms with E-state index in [1.807, 2.05) is 19.3 Å². The van der Waals surface area contributed by atoms with Crippen molar-refractivity contribution in [2.45, 2.75) is 12.8 Å². The third kappa shape index (κ3) is 2.39. The van der Waals surface area contributed by atoms with Gasteiger partial charge < -0.3 is 14.2 Å². The molecule has 1 aromatic heterocycles. The summed E-state index contributed by atoms with van der Waals surface area (Å²) >= 11 is 0. The Bertz CT molecular complexity index is 453. The second-order valence-electron chi connectivity index (χ2n) is 4.62. The van der Waals surface area contributed by atoms with Crippen LogP contribution in [0.5, 0.6) is 0 Å². The summed E-state index contributed by atoms with van der Waals surface area (Å²) in [5.74, 6) is -0.427. The highest BCUT2D eigenvalue weighted by Gasteiger charge is 2.30. The lowest BCUT2D eigenvalue weighted by atomic mass is 9.98. The Morgan fingerprint density at radius 2 is 2.22 bits per heavy atom. The Balaban J connectivity index is 2.07. The molecule has 0 spiro atoms. The fraction of sp³-hybridized carbons (Fsp3) is 0.538. The highest BCUT2D eigenvalue weighted by Crippen LogP contribution is 2.19. The van der Waals surface area contributed by atoms with Crippen LogP contribution in [0.25, 0.3) is 0 Å². The maximum atomic E-state index is 12.3. The van der Waals surface area contributed by atoms with Crippen molar-refractivity contribution in [3.63, 3.8) is 0 Å². The minimum absolute atomic E-state index is 0.0175. The molecular weight excluding hydrogens is 232 g/mol. The molecule has 0 radical (unpaired) electrons. The molecule has 1 unspecified atom stereocenters. The van der Waals surface area contributed by atoms with Crippen molar-refractivity contribution in [3.05, 3.63) is 24.0 Å². The van der Waals surface area contributed by atoms with Crippen LogP contribution in [-0.4, -0.2) is 41.5 Å². The van der Waals surface area contributed by atoms with Crippen molar-refractivity contribution in [1.82, 2.24) is 9.47 Å². The Hall–Kier alpha value is -1.78. The van der Waals surface area contributed by atoms with Gasteiger partial charge in [0.05, 0.1) is 13.0 Å². The van der Waals surface area contributed by atoms with Gasteiger partial charge in [0.15, 0.2) is 0 Å². The maximum absolute atomic E-state index is 12.3. The van der Waals surface area contributed by atoms with E-state index in [9.17, 15) is 9.59 Å². The molecule has 5 nitrogen and oxygen atoms in total. The Kier molecular flexibility index (Phi) is 3.69. The molecule has 1 aliphatic rings. The van der Waals surface area contributed by atoms with Gasteiger partial charge in [-0.15, -0.1) is 0 Å². The van der Waals surface area contributed by atoms with E-state index >= 15 is 0 Å². The first-order chi connectivity index (χ1) is 8.63. The largest absolute Gasteiger partial charge is 0.469 e. The Morgan fingerprint density at radius 1 is 1.44 bits per heavy atom. The van der Waals surface area contributed by atoms with Gasteiger partial charge in [0.2, 0.25) is 0 Å². The van der Waals surface area contributed by atoms with E-state index in [4.69, 9.17) is 4.74 Å². The zero-order valence-electron chi connectivity index (χ0n) is 10.8. The van der Waals surface area contributed by atoms with Crippen LogP contribution in [0.15, 0.2) is 18.3 Å². The van der Waals surface area contributed by atoms with E-state index in [1.165, 1.54) is 7.11 Å². The number of aryl methyl sites for hydroxylation is 1. The fourth-order valence-electron chi connectivity index (χ4n) is 2.37. The molecule has 0 N–H and O–H groups in total. The smallest absolute Gasteiger partial charge is 0.310 e. The number of ether oxygens (including phenoxy) is 1. The fourth-order valence-corrected chi connectivity index (χ4v) is 2.37. The standard InChI is InChI=1S/C13H18N2O3/c1-14-7-4-6-11(14)12(16)15-8-3-5-10(9-15)13(17)18-2/h4,6-7,10H,3,5,8-9H2,1-2H3. The van der Waals surface area contributed by atoms with Crippen molar-refractivity contribution in [3.8, 4) is 0 Å². The maximum Gasteiger partial charge on any atom is 0.310 e. The number of nitrogens with zero attached hydrogens (tertiary/aromatic N) is 2. The monoisotopic (exact) mass is 250 g/mol. The van der Waals surface area contributed by atoms with Crippen LogP contribution in [0, 0.1) is 5.92 Å². The van der Waals surface area contributed by atoms with Crippen LogP contribution < -0.4 is 0 Å². The third-order valence-corrected chi connectivity index (χ3v) is 3.41. The second-order valence-corrected chi connectivity index (χ2v) is 4.62. The lowest BCUT2D eigenvalue weighted by Gasteiger charge is -2.31. The number of hydrogen-bond acceptors (Lipinski definition) is 3. The SMILES string of the molecule is COC(=O)C1CCCN(C(=O)c2cccn2C)C1. The van der Waals surface area contributed by atoms with Gasteiger partial charge in [-0.25, -0.2) is 0 Å². The van der Waals surface area contributed by atoms with Crippen LogP contribution in [0.3, 0.4) is 0 Å². The molecule has 0 aliphatic carbocycles.